The van der Waals surface area contributed by atoms with Gasteiger partial charge in [0.05, 0.1) is 30.8 Å². The molecule has 4 rings (SSSR count). The van der Waals surface area contributed by atoms with E-state index in [0.29, 0.717) is 22.9 Å². The summed E-state index contributed by atoms with van der Waals surface area (Å²) in [4.78, 5) is 13.0. The Bertz CT molecular complexity index is 1330. The highest BCUT2D eigenvalue weighted by Crippen LogP contribution is 2.37. The summed E-state index contributed by atoms with van der Waals surface area (Å²) in [5, 5.41) is 2.79. The van der Waals surface area contributed by atoms with Gasteiger partial charge in [0.2, 0.25) is 0 Å². The van der Waals surface area contributed by atoms with Crippen LogP contribution in [0.5, 0.6) is 17.2 Å². The van der Waals surface area contributed by atoms with Gasteiger partial charge in [-0.15, -0.1) is 0 Å². The van der Waals surface area contributed by atoms with Crippen molar-refractivity contribution in [3.63, 3.8) is 0 Å². The normalized spacial score (nSPS) is 15.4. The van der Waals surface area contributed by atoms with Crippen LogP contribution in [0.2, 0.25) is 0 Å². The quantitative estimate of drug-likeness (QED) is 0.445. The van der Waals surface area contributed by atoms with Crippen LogP contribution in [-0.2, 0) is 20.2 Å². The number of methoxy groups -OCH3 is 1. The first-order chi connectivity index (χ1) is 17.6. The largest absolute Gasteiger partial charge is 0.497 e. The zero-order chi connectivity index (χ0) is 26.6. The average molecular weight is 525 g/mol. The van der Waals surface area contributed by atoms with Crippen LogP contribution < -0.4 is 23.8 Å². The van der Waals surface area contributed by atoms with E-state index in [1.165, 1.54) is 29.1 Å². The molecule has 3 aromatic carbocycles. The molecule has 0 aliphatic carbocycles. The summed E-state index contributed by atoms with van der Waals surface area (Å²) >= 11 is 0. The number of hydrogen-bond acceptors (Lipinski definition) is 6. The maximum Gasteiger partial charge on any atom is 0.264 e. The fourth-order valence-corrected chi connectivity index (χ4v) is 5.43. The van der Waals surface area contributed by atoms with Crippen molar-refractivity contribution >= 4 is 21.6 Å². The molecule has 9 heteroatoms. The minimum absolute atomic E-state index is 0.0554. The minimum atomic E-state index is -3.95. The Morgan fingerprint density at radius 2 is 1.65 bits per heavy atom. The first-order valence-corrected chi connectivity index (χ1v) is 13.5. The number of nitrogens with one attached hydrogen (secondary N) is 1. The zero-order valence-electron chi connectivity index (χ0n) is 21.4. The Morgan fingerprint density at radius 3 is 2.30 bits per heavy atom. The Morgan fingerprint density at radius 1 is 1.00 bits per heavy atom. The second kappa shape index (κ2) is 10.7. The molecule has 1 N–H and O–H groups in total. The summed E-state index contributed by atoms with van der Waals surface area (Å²) in [6.45, 7) is 6.78. The summed E-state index contributed by atoms with van der Waals surface area (Å²) in [5.74, 6) is 1.16. The van der Waals surface area contributed by atoms with Crippen molar-refractivity contribution in [2.75, 3.05) is 31.1 Å². The van der Waals surface area contributed by atoms with E-state index in [2.05, 4.69) is 26.1 Å². The molecule has 1 amide bonds. The Kier molecular flexibility index (Phi) is 7.63. The second-order valence-electron chi connectivity index (χ2n) is 9.70. The Hall–Kier alpha value is -3.72. The molecule has 196 valence electrons. The number of fused-ring (bicyclic) bond motifs is 1. The number of anilines is 1. The van der Waals surface area contributed by atoms with Crippen molar-refractivity contribution in [3.05, 3.63) is 78.4 Å². The fraction of sp³-hybridized carbons (Fsp3) is 0.321. The van der Waals surface area contributed by atoms with Crippen LogP contribution in [0.3, 0.4) is 0 Å². The van der Waals surface area contributed by atoms with Gasteiger partial charge in [0.25, 0.3) is 15.9 Å². The van der Waals surface area contributed by atoms with Gasteiger partial charge in [-0.05, 0) is 59.5 Å². The SMILES string of the molecule is COc1ccc(S(=O)(=O)N2C[C@H](C(=O)NCCOc3ccc(C(C)(C)C)cc3)Oc3ccccc32)cc1. The Labute approximate surface area is 218 Å². The van der Waals surface area contributed by atoms with Crippen LogP contribution in [0.4, 0.5) is 5.69 Å². The first kappa shape index (κ1) is 26.3. The molecule has 0 unspecified atom stereocenters. The average Bonchev–Trinajstić information content (AvgIpc) is 2.90. The number of rotatable bonds is 8. The lowest BCUT2D eigenvalue weighted by Crippen LogP contribution is -2.51. The van der Waals surface area contributed by atoms with Gasteiger partial charge in [-0.3, -0.25) is 9.10 Å². The van der Waals surface area contributed by atoms with Crippen LogP contribution in [0.15, 0.2) is 77.7 Å². The van der Waals surface area contributed by atoms with E-state index in [1.807, 2.05) is 24.3 Å². The summed E-state index contributed by atoms with van der Waals surface area (Å²) in [7, 11) is -2.44. The fourth-order valence-electron chi connectivity index (χ4n) is 3.95. The van der Waals surface area contributed by atoms with Crippen molar-refractivity contribution in [1.82, 2.24) is 5.32 Å². The highest BCUT2D eigenvalue weighted by Gasteiger charge is 2.37. The molecule has 1 atom stereocenters. The number of amides is 1. The van der Waals surface area contributed by atoms with E-state index in [9.17, 15) is 13.2 Å². The van der Waals surface area contributed by atoms with E-state index in [0.717, 1.165) is 0 Å². The van der Waals surface area contributed by atoms with Gasteiger partial charge < -0.3 is 19.5 Å². The number of ether oxygens (including phenoxy) is 3. The highest BCUT2D eigenvalue weighted by atomic mass is 32.2. The molecule has 0 saturated carbocycles. The number of para-hydroxylation sites is 2. The Balaban J connectivity index is 1.41. The third-order valence-electron chi connectivity index (χ3n) is 6.07. The number of nitrogens with zero attached hydrogens (tertiary/aromatic N) is 1. The maximum absolute atomic E-state index is 13.5. The number of carbonyl (C=O) groups is 1. The standard InChI is InChI=1S/C28H32N2O6S/c1-28(2,3)20-9-11-22(12-10-20)35-18-17-29-27(31)26-19-30(24-7-5-6-8-25(24)36-26)37(32,33)23-15-13-21(34-4)14-16-23/h5-16,26H,17-19H2,1-4H3,(H,29,31)/t26-/m1/s1. The molecule has 0 saturated heterocycles. The lowest BCUT2D eigenvalue weighted by Gasteiger charge is -2.34. The van der Waals surface area contributed by atoms with Crippen LogP contribution in [0.1, 0.15) is 26.3 Å². The molecule has 0 spiro atoms. The monoisotopic (exact) mass is 524 g/mol. The maximum atomic E-state index is 13.5. The van der Waals surface area contributed by atoms with Crippen LogP contribution in [0.25, 0.3) is 0 Å². The van der Waals surface area contributed by atoms with E-state index in [1.54, 1.807) is 36.4 Å². The molecule has 0 fully saturated rings. The molecule has 0 radical (unpaired) electrons. The topological polar surface area (TPSA) is 94.2 Å². The predicted octanol–water partition coefficient (Wildman–Crippen LogP) is 4.14. The molecule has 1 aliphatic heterocycles. The van der Waals surface area contributed by atoms with Gasteiger partial charge in [0, 0.05) is 0 Å². The molecular formula is C28H32N2O6S. The van der Waals surface area contributed by atoms with Crippen LogP contribution >= 0.6 is 0 Å². The number of hydrogen-bond donors (Lipinski definition) is 1. The highest BCUT2D eigenvalue weighted by molar-refractivity contribution is 7.92. The molecular weight excluding hydrogens is 492 g/mol. The number of benzene rings is 3. The van der Waals surface area contributed by atoms with Gasteiger partial charge in [-0.2, -0.15) is 0 Å². The summed E-state index contributed by atoms with van der Waals surface area (Å²) in [6, 6.07) is 20.8. The third kappa shape index (κ3) is 5.99. The van der Waals surface area contributed by atoms with Gasteiger partial charge in [-0.1, -0.05) is 45.0 Å². The molecule has 0 bridgehead atoms. The minimum Gasteiger partial charge on any atom is -0.497 e. The van der Waals surface area contributed by atoms with Crippen molar-refractivity contribution in [3.8, 4) is 17.2 Å². The number of carbonyl (C=O) groups excluding carboxylic acids is 1. The molecule has 8 nitrogen and oxygen atoms in total. The molecule has 0 aromatic heterocycles. The molecule has 1 aliphatic rings. The van der Waals surface area contributed by atoms with Gasteiger partial charge in [-0.25, -0.2) is 8.42 Å². The predicted molar refractivity (Wildman–Crippen MR) is 142 cm³/mol. The van der Waals surface area contributed by atoms with E-state index >= 15 is 0 Å². The lowest BCUT2D eigenvalue weighted by atomic mass is 9.87. The van der Waals surface area contributed by atoms with E-state index in [-0.39, 0.29) is 30.0 Å². The summed E-state index contributed by atoms with van der Waals surface area (Å²) < 4.78 is 45.0. The zero-order valence-corrected chi connectivity index (χ0v) is 22.2. The smallest absolute Gasteiger partial charge is 0.264 e. The van der Waals surface area contributed by atoms with Crippen LogP contribution in [-0.4, -0.2) is 47.2 Å². The van der Waals surface area contributed by atoms with Gasteiger partial charge in [0.1, 0.15) is 23.9 Å². The van der Waals surface area contributed by atoms with Crippen molar-refractivity contribution in [2.45, 2.75) is 37.2 Å². The van der Waals surface area contributed by atoms with Crippen molar-refractivity contribution in [2.24, 2.45) is 0 Å². The van der Waals surface area contributed by atoms with Gasteiger partial charge in [0.15, 0.2) is 6.10 Å². The molecule has 3 aromatic rings. The third-order valence-corrected chi connectivity index (χ3v) is 7.86. The van der Waals surface area contributed by atoms with Crippen molar-refractivity contribution in [1.29, 1.82) is 0 Å². The lowest BCUT2D eigenvalue weighted by molar-refractivity contribution is -0.127. The first-order valence-electron chi connectivity index (χ1n) is 12.0. The van der Waals surface area contributed by atoms with Crippen LogP contribution in [0, 0.1) is 0 Å². The number of sulfonamides is 1. The molecule has 37 heavy (non-hydrogen) atoms. The summed E-state index contributed by atoms with van der Waals surface area (Å²) in [5.41, 5.74) is 1.64. The molecule has 1 heterocycles. The van der Waals surface area contributed by atoms with E-state index in [4.69, 9.17) is 14.2 Å². The summed E-state index contributed by atoms with van der Waals surface area (Å²) in [6.07, 6.45) is -1.02. The van der Waals surface area contributed by atoms with Gasteiger partial charge >= 0.3 is 0 Å². The van der Waals surface area contributed by atoms with E-state index < -0.39 is 22.0 Å². The van der Waals surface area contributed by atoms with Crippen molar-refractivity contribution < 1.29 is 27.4 Å². The second-order valence-corrected chi connectivity index (χ2v) is 11.6.